The number of oxazole rings is 1. The standard InChI is InChI=1S/C39H51N2O7/c1-5-43-35(42)20-7-6-12-22-39(4)29-14-8-9-15-30(29)41(28-38(2,3)37-46-26-27-47-37)33(39)18-13-19-34-40(23-21-36-44-24-25-45-36)31-16-10-11-17-32(31)48-34/h8-11,13-19,36-37H,5-7,12,20-28H2,1-4H3/q+1. The smallest absolute Gasteiger partial charge is 0.374 e. The molecule has 3 aliphatic heterocycles. The number of fused-ring (bicyclic) bond motifs is 2. The van der Waals surface area contributed by atoms with Gasteiger partial charge in [-0.2, -0.15) is 4.57 Å². The van der Waals surface area contributed by atoms with Crippen LogP contribution in [-0.4, -0.2) is 58.1 Å². The number of rotatable bonds is 15. The first-order valence-corrected chi connectivity index (χ1v) is 17.6. The van der Waals surface area contributed by atoms with Crippen LogP contribution < -0.4 is 9.47 Å². The molecule has 0 amide bonds. The maximum absolute atomic E-state index is 12.0. The third-order valence-corrected chi connectivity index (χ3v) is 9.74. The SMILES string of the molecule is CCOC(=O)CCCCCC1(C)/C(=C\C=C\c2oc3ccccc3[n+]2CCC2OCCO2)N(CC(C)(C)C2OCCO2)c2ccccc21. The summed E-state index contributed by atoms with van der Waals surface area (Å²) in [6.45, 7) is 13.1. The van der Waals surface area contributed by atoms with Crippen LogP contribution in [0.4, 0.5) is 5.69 Å². The molecule has 2 fully saturated rings. The van der Waals surface area contributed by atoms with E-state index in [1.807, 2.05) is 25.1 Å². The molecule has 0 radical (unpaired) electrons. The number of para-hydroxylation sites is 3. The average molecular weight is 660 g/mol. The van der Waals surface area contributed by atoms with Crippen LogP contribution in [0.25, 0.3) is 17.2 Å². The lowest BCUT2D eigenvalue weighted by molar-refractivity contribution is -0.680. The molecule has 0 saturated carbocycles. The summed E-state index contributed by atoms with van der Waals surface area (Å²) in [4.78, 5) is 14.4. The number of carbonyl (C=O) groups excluding carboxylic acids is 1. The van der Waals surface area contributed by atoms with Crippen LogP contribution in [-0.2, 0) is 40.4 Å². The Morgan fingerprint density at radius 3 is 2.52 bits per heavy atom. The maximum Gasteiger partial charge on any atom is 0.374 e. The van der Waals surface area contributed by atoms with Gasteiger partial charge >= 0.3 is 11.9 Å². The monoisotopic (exact) mass is 659 g/mol. The molecule has 0 N–H and O–H groups in total. The van der Waals surface area contributed by atoms with E-state index in [1.165, 1.54) is 16.9 Å². The van der Waals surface area contributed by atoms with Gasteiger partial charge < -0.3 is 33.0 Å². The number of nitrogens with zero attached hydrogens (tertiary/aromatic N) is 2. The van der Waals surface area contributed by atoms with Gasteiger partial charge in [-0.1, -0.05) is 63.1 Å². The number of hydrogen-bond acceptors (Lipinski definition) is 8. The molecule has 1 aromatic heterocycles. The first-order chi connectivity index (χ1) is 23.3. The van der Waals surface area contributed by atoms with Crippen LogP contribution in [0.5, 0.6) is 0 Å². The predicted octanol–water partition coefficient (Wildman–Crippen LogP) is 7.07. The molecule has 3 aromatic rings. The summed E-state index contributed by atoms with van der Waals surface area (Å²) in [6.07, 6.45) is 10.9. The lowest BCUT2D eigenvalue weighted by Crippen LogP contribution is -2.42. The first-order valence-electron chi connectivity index (χ1n) is 17.6. The van der Waals surface area contributed by atoms with E-state index in [1.54, 1.807) is 0 Å². The molecule has 4 heterocycles. The Kier molecular flexibility index (Phi) is 11.0. The summed E-state index contributed by atoms with van der Waals surface area (Å²) in [6, 6.07) is 16.9. The van der Waals surface area contributed by atoms with Gasteiger partial charge in [0.2, 0.25) is 5.58 Å². The fourth-order valence-electron chi connectivity index (χ4n) is 7.34. The molecule has 0 spiro atoms. The normalized spacial score (nSPS) is 21.3. The highest BCUT2D eigenvalue weighted by Crippen LogP contribution is 2.52. The summed E-state index contributed by atoms with van der Waals surface area (Å²) in [5.41, 5.74) is 5.15. The van der Waals surface area contributed by atoms with Crippen molar-refractivity contribution in [1.29, 1.82) is 0 Å². The molecule has 9 heteroatoms. The number of aryl methyl sites for hydroxylation is 1. The highest BCUT2D eigenvalue weighted by molar-refractivity contribution is 5.72. The number of carbonyl (C=O) groups is 1. The predicted molar refractivity (Wildman–Crippen MR) is 184 cm³/mol. The zero-order chi connectivity index (χ0) is 33.6. The Bertz CT molecular complexity index is 1600. The van der Waals surface area contributed by atoms with Gasteiger partial charge in [-0.15, -0.1) is 0 Å². The fraction of sp³-hybridized carbons (Fsp3) is 0.538. The van der Waals surface area contributed by atoms with Crippen molar-refractivity contribution in [3.8, 4) is 0 Å². The lowest BCUT2D eigenvalue weighted by atomic mass is 9.77. The van der Waals surface area contributed by atoms with E-state index in [4.69, 9.17) is 28.1 Å². The van der Waals surface area contributed by atoms with Crippen molar-refractivity contribution in [2.75, 3.05) is 44.5 Å². The number of benzene rings is 2. The molecule has 48 heavy (non-hydrogen) atoms. The quantitative estimate of drug-likeness (QED) is 0.0974. The van der Waals surface area contributed by atoms with Gasteiger partial charge in [0.05, 0.1) is 45.5 Å². The second kappa shape index (κ2) is 15.4. The summed E-state index contributed by atoms with van der Waals surface area (Å²) >= 11 is 0. The van der Waals surface area contributed by atoms with Crippen LogP contribution in [0, 0.1) is 5.41 Å². The van der Waals surface area contributed by atoms with Crippen molar-refractivity contribution < 1.29 is 37.5 Å². The highest BCUT2D eigenvalue weighted by atomic mass is 16.7. The Morgan fingerprint density at radius 2 is 1.73 bits per heavy atom. The molecular formula is C39H51N2O7+. The van der Waals surface area contributed by atoms with E-state index in [0.29, 0.717) is 46.0 Å². The minimum atomic E-state index is -0.265. The summed E-state index contributed by atoms with van der Waals surface area (Å²) in [5.74, 6) is 0.665. The zero-order valence-electron chi connectivity index (χ0n) is 29.0. The lowest BCUT2D eigenvalue weighted by Gasteiger charge is -2.37. The first kappa shape index (κ1) is 34.4. The van der Waals surface area contributed by atoms with Gasteiger partial charge in [0, 0.05) is 41.2 Å². The zero-order valence-corrected chi connectivity index (χ0v) is 29.0. The molecule has 0 bridgehead atoms. The molecule has 2 saturated heterocycles. The number of allylic oxidation sites excluding steroid dienone is 3. The Morgan fingerprint density at radius 1 is 1.00 bits per heavy atom. The summed E-state index contributed by atoms with van der Waals surface area (Å²) in [5, 5.41) is 0. The number of esters is 1. The summed E-state index contributed by atoms with van der Waals surface area (Å²) < 4.78 is 37.2. The number of ether oxygens (including phenoxy) is 5. The number of hydrogen-bond donors (Lipinski definition) is 0. The van der Waals surface area contributed by atoms with Crippen molar-refractivity contribution in [3.05, 3.63) is 77.8 Å². The molecule has 9 nitrogen and oxygen atoms in total. The molecule has 1 atom stereocenters. The van der Waals surface area contributed by atoms with Crippen LogP contribution in [0.2, 0.25) is 0 Å². The molecule has 2 aromatic carbocycles. The van der Waals surface area contributed by atoms with Crippen LogP contribution in [0.3, 0.4) is 0 Å². The largest absolute Gasteiger partial charge is 0.466 e. The van der Waals surface area contributed by atoms with Crippen molar-refractivity contribution in [1.82, 2.24) is 0 Å². The second-order valence-electron chi connectivity index (χ2n) is 13.8. The third kappa shape index (κ3) is 7.54. The van der Waals surface area contributed by atoms with E-state index < -0.39 is 0 Å². The molecule has 258 valence electrons. The number of unbranched alkanes of at least 4 members (excludes halogenated alkanes) is 2. The Balaban J connectivity index is 1.31. The molecule has 0 aliphatic carbocycles. The van der Waals surface area contributed by atoms with E-state index in [0.717, 1.165) is 55.6 Å². The molecular weight excluding hydrogens is 608 g/mol. The van der Waals surface area contributed by atoms with Gasteiger partial charge in [-0.05, 0) is 50.5 Å². The molecule has 3 aliphatic rings. The molecule has 6 rings (SSSR count). The topological polar surface area (TPSA) is 83.5 Å². The van der Waals surface area contributed by atoms with Gasteiger partial charge in [-0.3, -0.25) is 4.79 Å². The van der Waals surface area contributed by atoms with Crippen molar-refractivity contribution in [2.45, 2.75) is 90.8 Å². The van der Waals surface area contributed by atoms with Crippen LogP contribution >= 0.6 is 0 Å². The van der Waals surface area contributed by atoms with E-state index >= 15 is 0 Å². The Hall–Kier alpha value is -3.50. The number of anilines is 1. The van der Waals surface area contributed by atoms with Crippen molar-refractivity contribution in [2.24, 2.45) is 5.41 Å². The second-order valence-corrected chi connectivity index (χ2v) is 13.8. The van der Waals surface area contributed by atoms with Gasteiger partial charge in [0.25, 0.3) is 5.52 Å². The molecule has 1 unspecified atom stereocenters. The highest BCUT2D eigenvalue weighted by Gasteiger charge is 2.46. The van der Waals surface area contributed by atoms with E-state index in [2.05, 4.69) is 78.8 Å². The van der Waals surface area contributed by atoms with Gasteiger partial charge in [-0.25, -0.2) is 0 Å². The van der Waals surface area contributed by atoms with Gasteiger partial charge in [0.15, 0.2) is 19.1 Å². The van der Waals surface area contributed by atoms with Crippen molar-refractivity contribution in [3.63, 3.8) is 0 Å². The average Bonchev–Trinajstić information content (AvgIpc) is 3.89. The van der Waals surface area contributed by atoms with Crippen LogP contribution in [0.1, 0.15) is 77.7 Å². The van der Waals surface area contributed by atoms with Crippen molar-refractivity contribution >= 4 is 28.8 Å². The van der Waals surface area contributed by atoms with E-state index in [-0.39, 0.29) is 29.4 Å². The van der Waals surface area contributed by atoms with E-state index in [9.17, 15) is 4.79 Å². The fourth-order valence-corrected chi connectivity index (χ4v) is 7.34. The third-order valence-electron chi connectivity index (χ3n) is 9.74. The summed E-state index contributed by atoms with van der Waals surface area (Å²) in [7, 11) is 0. The van der Waals surface area contributed by atoms with Crippen LogP contribution in [0.15, 0.2) is 70.8 Å². The Labute approximate surface area is 284 Å². The van der Waals surface area contributed by atoms with Gasteiger partial charge in [0.1, 0.15) is 0 Å². The number of aromatic nitrogens is 1. The minimum Gasteiger partial charge on any atom is -0.466 e. The minimum absolute atomic E-state index is 0.114. The maximum atomic E-state index is 12.0.